The van der Waals surface area contributed by atoms with Gasteiger partial charge in [0.2, 0.25) is 0 Å². The largest absolute Gasteiger partial charge is 0.490 e. The number of likely N-dealkylation sites (N-methyl/N-ethyl adjacent to an activating group) is 1. The van der Waals surface area contributed by atoms with E-state index in [1.807, 2.05) is 32.0 Å². The Hall–Kier alpha value is -4.20. The van der Waals surface area contributed by atoms with Gasteiger partial charge in [-0.3, -0.25) is 9.52 Å². The summed E-state index contributed by atoms with van der Waals surface area (Å²) in [6.45, 7) is 6.08. The second-order valence-corrected chi connectivity index (χ2v) is 13.9. The van der Waals surface area contributed by atoms with E-state index < -0.39 is 33.9 Å². The van der Waals surface area contributed by atoms with Gasteiger partial charge in [0, 0.05) is 44.0 Å². The Morgan fingerprint density at radius 3 is 2.46 bits per heavy atom. The van der Waals surface area contributed by atoms with Gasteiger partial charge in [0.25, 0.3) is 15.9 Å². The third-order valence-electron chi connectivity index (χ3n) is 8.25. The molecule has 4 atom stereocenters. The van der Waals surface area contributed by atoms with Crippen LogP contribution in [0.3, 0.4) is 0 Å². The molecule has 1 aliphatic rings. The van der Waals surface area contributed by atoms with Crippen molar-refractivity contribution in [3.63, 3.8) is 0 Å². The van der Waals surface area contributed by atoms with Crippen molar-refractivity contribution >= 4 is 33.3 Å². The highest BCUT2D eigenvalue weighted by Crippen LogP contribution is 2.29. The van der Waals surface area contributed by atoms with Crippen molar-refractivity contribution in [3.8, 4) is 5.75 Å². The Balaban J connectivity index is 1.63. The monoisotopic (exact) mass is 684 g/mol. The summed E-state index contributed by atoms with van der Waals surface area (Å²) in [6.07, 6.45) is 1.50. The number of amides is 3. The molecule has 3 N–H and O–H groups in total. The molecule has 0 fully saturated rings. The number of para-hydroxylation sites is 1. The fourth-order valence-corrected chi connectivity index (χ4v) is 6.42. The fraction of sp³-hybridized carbons (Fsp3) is 0.429. The Kier molecular flexibility index (Phi) is 12.8. The van der Waals surface area contributed by atoms with Crippen LogP contribution in [0.2, 0.25) is 0 Å². The van der Waals surface area contributed by atoms with Crippen LogP contribution >= 0.6 is 0 Å². The molecule has 1 aliphatic heterocycles. The number of rotatable bonds is 8. The maximum absolute atomic E-state index is 14.3. The standard InChI is InChI=1S/C35H45FN4O7S/c1-24-21-40(25(2)23-41)34(42)31-20-29(38-48(44,45)30-16-13-27(36)14-17-30)15-18-32(31)47-26(3)10-8-9-19-46-33(24)22-39(4)35(43)37-28-11-6-5-7-12-28/h5-7,11-18,20,24-26,33,38,41H,8-10,19,21-23H2,1-4H3,(H,37,43)/t24-,25+,26+,33-/m1/s1. The maximum Gasteiger partial charge on any atom is 0.321 e. The normalized spacial score (nSPS) is 20.1. The van der Waals surface area contributed by atoms with Crippen LogP contribution in [0.5, 0.6) is 5.75 Å². The number of aliphatic hydroxyl groups is 1. The minimum Gasteiger partial charge on any atom is -0.490 e. The molecule has 0 aliphatic carbocycles. The predicted octanol–water partition coefficient (Wildman–Crippen LogP) is 5.59. The lowest BCUT2D eigenvalue weighted by atomic mass is 10.0. The van der Waals surface area contributed by atoms with Gasteiger partial charge in [0.15, 0.2) is 0 Å². The number of urea groups is 1. The molecule has 0 aromatic heterocycles. The van der Waals surface area contributed by atoms with Crippen molar-refractivity contribution in [3.05, 3.63) is 84.2 Å². The van der Waals surface area contributed by atoms with Crippen molar-refractivity contribution in [2.45, 2.75) is 63.2 Å². The van der Waals surface area contributed by atoms with Crippen molar-refractivity contribution in [2.75, 3.05) is 43.4 Å². The average molecular weight is 685 g/mol. The van der Waals surface area contributed by atoms with E-state index >= 15 is 0 Å². The number of anilines is 2. The van der Waals surface area contributed by atoms with E-state index in [1.165, 1.54) is 17.0 Å². The molecule has 260 valence electrons. The van der Waals surface area contributed by atoms with E-state index in [9.17, 15) is 27.5 Å². The van der Waals surface area contributed by atoms with Crippen LogP contribution in [0.1, 0.15) is 50.4 Å². The predicted molar refractivity (Wildman–Crippen MR) is 182 cm³/mol. The summed E-state index contributed by atoms with van der Waals surface area (Å²) >= 11 is 0. The van der Waals surface area contributed by atoms with Crippen molar-refractivity contribution in [2.24, 2.45) is 5.92 Å². The summed E-state index contributed by atoms with van der Waals surface area (Å²) in [6, 6.07) is 17.1. The van der Waals surface area contributed by atoms with E-state index in [1.54, 1.807) is 37.1 Å². The topological polar surface area (TPSA) is 138 Å². The van der Waals surface area contributed by atoms with Gasteiger partial charge >= 0.3 is 6.03 Å². The van der Waals surface area contributed by atoms with E-state index in [0.717, 1.165) is 37.1 Å². The molecule has 0 unspecified atom stereocenters. The highest BCUT2D eigenvalue weighted by molar-refractivity contribution is 7.92. The zero-order chi connectivity index (χ0) is 34.8. The molecule has 11 nitrogen and oxygen atoms in total. The van der Waals surface area contributed by atoms with Crippen LogP contribution in [0.15, 0.2) is 77.7 Å². The number of fused-ring (bicyclic) bond motifs is 1. The van der Waals surface area contributed by atoms with Crippen molar-refractivity contribution in [1.82, 2.24) is 9.80 Å². The number of sulfonamides is 1. The smallest absolute Gasteiger partial charge is 0.321 e. The molecular formula is C35H45FN4O7S. The summed E-state index contributed by atoms with van der Waals surface area (Å²) < 4.78 is 54.6. The Morgan fingerprint density at radius 1 is 1.06 bits per heavy atom. The minimum absolute atomic E-state index is 0.112. The lowest BCUT2D eigenvalue weighted by molar-refractivity contribution is -0.0115. The molecule has 0 spiro atoms. The SMILES string of the molecule is C[C@@H]1CN([C@@H](C)CO)C(=O)c2cc(NS(=O)(=O)c3ccc(F)cc3)ccc2O[C@@H](C)CCCCO[C@@H]1CN(C)C(=O)Nc1ccccc1. The zero-order valence-corrected chi connectivity index (χ0v) is 28.6. The number of benzene rings is 3. The molecule has 0 saturated carbocycles. The number of nitrogens with one attached hydrogen (secondary N) is 2. The first-order valence-corrected chi connectivity index (χ1v) is 17.6. The minimum atomic E-state index is -4.10. The first kappa shape index (κ1) is 36.6. The molecule has 13 heteroatoms. The number of nitrogens with zero attached hydrogens (tertiary/aromatic N) is 2. The number of aliphatic hydroxyl groups excluding tert-OH is 1. The van der Waals surface area contributed by atoms with E-state index in [-0.39, 0.29) is 59.6 Å². The van der Waals surface area contributed by atoms with Gasteiger partial charge in [0.05, 0.1) is 35.3 Å². The van der Waals surface area contributed by atoms with Gasteiger partial charge in [0.1, 0.15) is 11.6 Å². The highest BCUT2D eigenvalue weighted by atomic mass is 32.2. The van der Waals surface area contributed by atoms with E-state index in [4.69, 9.17) is 9.47 Å². The summed E-state index contributed by atoms with van der Waals surface area (Å²) in [5, 5.41) is 13.1. The lowest BCUT2D eigenvalue weighted by Gasteiger charge is -2.35. The summed E-state index contributed by atoms with van der Waals surface area (Å²) in [5.41, 5.74) is 0.889. The number of hydrogen-bond donors (Lipinski definition) is 3. The van der Waals surface area contributed by atoms with Crippen LogP contribution in [0.4, 0.5) is 20.6 Å². The van der Waals surface area contributed by atoms with E-state index in [2.05, 4.69) is 10.0 Å². The van der Waals surface area contributed by atoms with Gasteiger partial charge in [-0.25, -0.2) is 17.6 Å². The van der Waals surface area contributed by atoms with Crippen molar-refractivity contribution < 1.29 is 37.0 Å². The first-order valence-electron chi connectivity index (χ1n) is 16.1. The van der Waals surface area contributed by atoms with Crippen LogP contribution in [0, 0.1) is 11.7 Å². The summed E-state index contributed by atoms with van der Waals surface area (Å²) in [7, 11) is -2.42. The van der Waals surface area contributed by atoms with Gasteiger partial charge in [-0.15, -0.1) is 0 Å². The van der Waals surface area contributed by atoms with Crippen LogP contribution in [-0.2, 0) is 14.8 Å². The van der Waals surface area contributed by atoms with Gasteiger partial charge in [-0.1, -0.05) is 25.1 Å². The molecule has 4 rings (SSSR count). The van der Waals surface area contributed by atoms with Crippen LogP contribution < -0.4 is 14.8 Å². The Labute approximate surface area is 282 Å². The maximum atomic E-state index is 14.3. The first-order chi connectivity index (χ1) is 22.9. The molecule has 3 aromatic rings. The van der Waals surface area contributed by atoms with Crippen LogP contribution in [-0.4, -0.2) is 86.9 Å². The lowest BCUT2D eigenvalue weighted by Crippen LogP contribution is -2.48. The second-order valence-electron chi connectivity index (χ2n) is 12.2. The Bertz CT molecular complexity index is 1630. The van der Waals surface area contributed by atoms with Crippen molar-refractivity contribution in [1.29, 1.82) is 0 Å². The molecule has 0 saturated heterocycles. The molecule has 0 bridgehead atoms. The molecule has 48 heavy (non-hydrogen) atoms. The number of carbonyl (C=O) groups is 2. The zero-order valence-electron chi connectivity index (χ0n) is 27.8. The fourth-order valence-electron chi connectivity index (χ4n) is 5.37. The van der Waals surface area contributed by atoms with Gasteiger partial charge in [-0.2, -0.15) is 0 Å². The van der Waals surface area contributed by atoms with Gasteiger partial charge in [-0.05, 0) is 87.7 Å². The molecule has 3 aromatic carbocycles. The molecular weight excluding hydrogens is 639 g/mol. The number of halogens is 1. The van der Waals surface area contributed by atoms with Gasteiger partial charge < -0.3 is 29.7 Å². The second kappa shape index (κ2) is 16.8. The summed E-state index contributed by atoms with van der Waals surface area (Å²) in [4.78, 5) is 30.3. The van der Waals surface area contributed by atoms with E-state index in [0.29, 0.717) is 18.7 Å². The number of ether oxygens (including phenoxy) is 2. The van der Waals surface area contributed by atoms with Crippen LogP contribution in [0.25, 0.3) is 0 Å². The summed E-state index contributed by atoms with van der Waals surface area (Å²) in [5.74, 6) is -1.04. The molecule has 3 amide bonds. The number of carbonyl (C=O) groups excluding carboxylic acids is 2. The molecule has 1 heterocycles. The molecule has 0 radical (unpaired) electrons. The quantitative estimate of drug-likeness (QED) is 0.282. The average Bonchev–Trinajstić information content (AvgIpc) is 3.06. The Morgan fingerprint density at radius 2 is 1.77 bits per heavy atom. The third-order valence-corrected chi connectivity index (χ3v) is 9.65. The third kappa shape index (κ3) is 9.91. The number of hydrogen-bond acceptors (Lipinski definition) is 7. The highest BCUT2D eigenvalue weighted by Gasteiger charge is 2.31.